The number of carbonyl (C=O) groups excluding carboxylic acids is 1. The summed E-state index contributed by atoms with van der Waals surface area (Å²) in [6.07, 6.45) is 8.99. The van der Waals surface area contributed by atoms with E-state index in [1.807, 2.05) is 0 Å². The van der Waals surface area contributed by atoms with Gasteiger partial charge in [-0.25, -0.2) is 9.50 Å². The number of amides is 1. The molecule has 1 amide bonds. The number of fused-ring (bicyclic) bond motifs is 1. The molecule has 0 saturated heterocycles. The Balaban J connectivity index is 1.51. The molecule has 4 saturated carbocycles. The van der Waals surface area contributed by atoms with Gasteiger partial charge in [-0.1, -0.05) is 0 Å². The summed E-state index contributed by atoms with van der Waals surface area (Å²) in [5, 5.41) is 2.72. The molecule has 2 aromatic rings. The molecule has 2 aromatic heterocycles. The average molecular weight is 326 g/mol. The fourth-order valence-corrected chi connectivity index (χ4v) is 6.15. The zero-order valence-electron chi connectivity index (χ0n) is 13.6. The lowest BCUT2D eigenvalue weighted by Gasteiger charge is -2.57. The molecule has 4 bridgehead atoms. The van der Waals surface area contributed by atoms with Crippen molar-refractivity contribution in [3.63, 3.8) is 0 Å². The summed E-state index contributed by atoms with van der Waals surface area (Å²) in [4.78, 5) is 28.3. The van der Waals surface area contributed by atoms with Crippen LogP contribution >= 0.6 is 0 Å². The summed E-state index contributed by atoms with van der Waals surface area (Å²) in [6.45, 7) is 0. The number of hydrogen-bond donors (Lipinski definition) is 2. The Kier molecular flexibility index (Phi) is 2.80. The van der Waals surface area contributed by atoms with E-state index in [1.165, 1.54) is 43.0 Å². The van der Waals surface area contributed by atoms with E-state index < -0.39 is 5.91 Å². The second kappa shape index (κ2) is 4.71. The lowest BCUT2D eigenvalue weighted by molar-refractivity contribution is -0.0526. The molecule has 0 aromatic carbocycles. The van der Waals surface area contributed by atoms with Crippen molar-refractivity contribution >= 4 is 11.6 Å². The molecule has 24 heavy (non-hydrogen) atoms. The SMILES string of the molecule is NC(=O)c1cc2nc(CC34CC5CC(CC(C5)C3)C4)cc(=O)n2[nH]1. The lowest BCUT2D eigenvalue weighted by atomic mass is 9.48. The molecule has 3 N–H and O–H groups in total. The number of aromatic nitrogens is 3. The van der Waals surface area contributed by atoms with Gasteiger partial charge in [-0.3, -0.25) is 14.7 Å². The van der Waals surface area contributed by atoms with Gasteiger partial charge in [-0.15, -0.1) is 0 Å². The lowest BCUT2D eigenvalue weighted by Crippen LogP contribution is -2.47. The number of hydrogen-bond acceptors (Lipinski definition) is 3. The van der Waals surface area contributed by atoms with Crippen LogP contribution in [-0.2, 0) is 6.42 Å². The van der Waals surface area contributed by atoms with E-state index in [9.17, 15) is 9.59 Å². The average Bonchev–Trinajstić information content (AvgIpc) is 2.90. The highest BCUT2D eigenvalue weighted by Crippen LogP contribution is 2.60. The van der Waals surface area contributed by atoms with Crippen molar-refractivity contribution in [2.45, 2.75) is 44.9 Å². The third kappa shape index (κ3) is 2.12. The van der Waals surface area contributed by atoms with E-state index in [4.69, 9.17) is 5.73 Å². The number of rotatable bonds is 3. The maximum atomic E-state index is 12.4. The Hall–Kier alpha value is -2.11. The summed E-state index contributed by atoms with van der Waals surface area (Å²) in [5.74, 6) is 2.07. The number of carbonyl (C=O) groups is 1. The molecule has 0 spiro atoms. The van der Waals surface area contributed by atoms with E-state index in [1.54, 1.807) is 12.1 Å². The van der Waals surface area contributed by atoms with Gasteiger partial charge in [0.1, 0.15) is 5.69 Å². The molecule has 0 atom stereocenters. The zero-order chi connectivity index (χ0) is 16.5. The summed E-state index contributed by atoms with van der Waals surface area (Å²) in [5.41, 5.74) is 7.01. The fourth-order valence-electron chi connectivity index (χ4n) is 6.15. The molecule has 126 valence electrons. The first-order valence-electron chi connectivity index (χ1n) is 8.91. The first kappa shape index (κ1) is 14.3. The first-order valence-corrected chi connectivity index (χ1v) is 8.91. The largest absolute Gasteiger partial charge is 0.364 e. The molecule has 6 heteroatoms. The maximum Gasteiger partial charge on any atom is 0.272 e. The number of nitrogens with one attached hydrogen (secondary N) is 1. The van der Waals surface area contributed by atoms with Crippen LogP contribution in [0.2, 0.25) is 0 Å². The van der Waals surface area contributed by atoms with Crippen LogP contribution in [0.15, 0.2) is 16.9 Å². The molecule has 2 heterocycles. The predicted molar refractivity (Wildman–Crippen MR) is 88.6 cm³/mol. The quantitative estimate of drug-likeness (QED) is 0.902. The number of H-pyrrole nitrogens is 1. The van der Waals surface area contributed by atoms with Gasteiger partial charge < -0.3 is 5.73 Å². The van der Waals surface area contributed by atoms with Crippen molar-refractivity contribution in [3.05, 3.63) is 33.9 Å². The third-order valence-electron chi connectivity index (χ3n) is 6.49. The highest BCUT2D eigenvalue weighted by molar-refractivity contribution is 5.91. The Morgan fingerprint density at radius 3 is 2.42 bits per heavy atom. The minimum atomic E-state index is -0.581. The Bertz CT molecular complexity index is 859. The smallest absolute Gasteiger partial charge is 0.272 e. The predicted octanol–water partition coefficient (Wildman–Crippen LogP) is 1.88. The van der Waals surface area contributed by atoms with Crippen molar-refractivity contribution in [1.82, 2.24) is 14.6 Å². The summed E-state index contributed by atoms with van der Waals surface area (Å²) in [7, 11) is 0. The van der Waals surface area contributed by atoms with Gasteiger partial charge in [-0.05, 0) is 68.1 Å². The Morgan fingerprint density at radius 1 is 1.21 bits per heavy atom. The van der Waals surface area contributed by atoms with Gasteiger partial charge in [0, 0.05) is 17.8 Å². The van der Waals surface area contributed by atoms with E-state index in [2.05, 4.69) is 10.1 Å². The molecule has 6 nitrogen and oxygen atoms in total. The molecule has 6 rings (SSSR count). The van der Waals surface area contributed by atoms with Gasteiger partial charge in [0.05, 0.1) is 0 Å². The molecule has 0 unspecified atom stereocenters. The maximum absolute atomic E-state index is 12.4. The van der Waals surface area contributed by atoms with Gasteiger partial charge in [0.15, 0.2) is 5.65 Å². The normalized spacial score (nSPS) is 34.1. The minimum absolute atomic E-state index is 0.174. The topological polar surface area (TPSA) is 93.2 Å². The van der Waals surface area contributed by atoms with Crippen LogP contribution in [0.5, 0.6) is 0 Å². The van der Waals surface area contributed by atoms with Crippen molar-refractivity contribution in [1.29, 1.82) is 0 Å². The van der Waals surface area contributed by atoms with Gasteiger partial charge in [-0.2, -0.15) is 0 Å². The molecule has 0 radical (unpaired) electrons. The van der Waals surface area contributed by atoms with E-state index >= 15 is 0 Å². The van der Waals surface area contributed by atoms with Crippen LogP contribution in [0.3, 0.4) is 0 Å². The van der Waals surface area contributed by atoms with Crippen LogP contribution in [0.25, 0.3) is 5.65 Å². The van der Waals surface area contributed by atoms with Gasteiger partial charge >= 0.3 is 0 Å². The van der Waals surface area contributed by atoms with Crippen LogP contribution < -0.4 is 11.3 Å². The summed E-state index contributed by atoms with van der Waals surface area (Å²) in [6, 6.07) is 3.18. The van der Waals surface area contributed by atoms with Gasteiger partial charge in [0.25, 0.3) is 11.5 Å². The fraction of sp³-hybridized carbons (Fsp3) is 0.611. The molecule has 4 fully saturated rings. The number of primary amides is 1. The van der Waals surface area contributed by atoms with E-state index in [-0.39, 0.29) is 11.3 Å². The molecule has 4 aliphatic rings. The highest BCUT2D eigenvalue weighted by atomic mass is 16.1. The summed E-state index contributed by atoms with van der Waals surface area (Å²) < 4.78 is 1.29. The highest BCUT2D eigenvalue weighted by Gasteiger charge is 2.50. The van der Waals surface area contributed by atoms with E-state index in [0.29, 0.717) is 11.1 Å². The molecule has 4 aliphatic carbocycles. The van der Waals surface area contributed by atoms with Crippen molar-refractivity contribution in [3.8, 4) is 0 Å². The van der Waals surface area contributed by atoms with Crippen molar-refractivity contribution in [2.24, 2.45) is 28.9 Å². The second-order valence-corrected chi connectivity index (χ2v) is 8.41. The molecular formula is C18H22N4O2. The Morgan fingerprint density at radius 2 is 1.83 bits per heavy atom. The number of aromatic amines is 1. The number of nitrogens with zero attached hydrogens (tertiary/aromatic N) is 2. The molecule has 0 aliphatic heterocycles. The van der Waals surface area contributed by atoms with Crippen LogP contribution in [0.1, 0.15) is 54.7 Å². The first-order chi connectivity index (χ1) is 11.5. The van der Waals surface area contributed by atoms with Crippen molar-refractivity contribution < 1.29 is 4.79 Å². The number of nitrogens with two attached hydrogens (primary N) is 1. The molecular weight excluding hydrogens is 304 g/mol. The third-order valence-corrected chi connectivity index (χ3v) is 6.49. The van der Waals surface area contributed by atoms with Gasteiger partial charge in [0.2, 0.25) is 0 Å². The van der Waals surface area contributed by atoms with Crippen LogP contribution in [0.4, 0.5) is 0 Å². The van der Waals surface area contributed by atoms with Crippen LogP contribution in [-0.4, -0.2) is 20.5 Å². The Labute approximate surface area is 139 Å². The van der Waals surface area contributed by atoms with E-state index in [0.717, 1.165) is 29.9 Å². The second-order valence-electron chi connectivity index (χ2n) is 8.41. The minimum Gasteiger partial charge on any atom is -0.364 e. The summed E-state index contributed by atoms with van der Waals surface area (Å²) >= 11 is 0. The zero-order valence-corrected chi connectivity index (χ0v) is 13.6. The van der Waals surface area contributed by atoms with Crippen molar-refractivity contribution in [2.75, 3.05) is 0 Å². The monoisotopic (exact) mass is 326 g/mol. The van der Waals surface area contributed by atoms with Crippen LogP contribution in [0, 0.1) is 23.2 Å². The standard InChI is InChI=1S/C18H22N4O2/c19-17(24)14-5-15-20-13(4-16(23)22(15)21-14)9-18-6-10-1-11(7-18)3-12(2-10)8-18/h4-5,10-12,21H,1-3,6-9H2,(H2,19,24).